The minimum atomic E-state index is -0.480. The second-order valence-corrected chi connectivity index (χ2v) is 3.68. The molecular weight excluding hydrogens is 244 g/mol. The molecule has 7 heteroatoms. The van der Waals surface area contributed by atoms with Crippen LogP contribution in [-0.4, -0.2) is 19.7 Å². The normalized spacial score (nSPS) is 10.5. The number of aryl methyl sites for hydroxylation is 1. The molecule has 0 saturated carbocycles. The second kappa shape index (κ2) is 4.50. The van der Waals surface area contributed by atoms with Crippen LogP contribution in [0.3, 0.4) is 0 Å². The van der Waals surface area contributed by atoms with Crippen LogP contribution in [0.25, 0.3) is 11.4 Å². The minimum Gasteiger partial charge on any atom is -0.263 e. The van der Waals surface area contributed by atoms with Crippen molar-refractivity contribution in [3.8, 4) is 11.4 Å². The van der Waals surface area contributed by atoms with E-state index in [9.17, 15) is 10.1 Å². The van der Waals surface area contributed by atoms with Crippen LogP contribution >= 0.6 is 11.6 Å². The number of hydrogen-bond acceptors (Lipinski definition) is 4. The van der Waals surface area contributed by atoms with Crippen molar-refractivity contribution in [3.05, 3.63) is 39.7 Å². The monoisotopic (exact) mass is 252 g/mol. The number of rotatable bonds is 3. The van der Waals surface area contributed by atoms with Crippen LogP contribution in [0.1, 0.15) is 6.92 Å². The molecule has 0 amide bonds. The zero-order valence-electron chi connectivity index (χ0n) is 9.00. The SMILES string of the molecule is CCn1nccc1-c1nc(Cl)ccc1[N+](=O)[O-]. The Kier molecular flexibility index (Phi) is 3.06. The van der Waals surface area contributed by atoms with Gasteiger partial charge in [0.15, 0.2) is 5.69 Å². The zero-order chi connectivity index (χ0) is 12.4. The van der Waals surface area contributed by atoms with Crippen LogP contribution in [0.4, 0.5) is 5.69 Å². The smallest absolute Gasteiger partial charge is 0.263 e. The molecule has 2 aromatic heterocycles. The first-order chi connectivity index (χ1) is 8.13. The largest absolute Gasteiger partial charge is 0.297 e. The van der Waals surface area contributed by atoms with E-state index >= 15 is 0 Å². The molecule has 17 heavy (non-hydrogen) atoms. The molecule has 2 rings (SSSR count). The van der Waals surface area contributed by atoms with Gasteiger partial charge in [-0.2, -0.15) is 5.10 Å². The summed E-state index contributed by atoms with van der Waals surface area (Å²) in [5, 5.41) is 15.2. The average molecular weight is 253 g/mol. The molecule has 0 unspecified atom stereocenters. The van der Waals surface area contributed by atoms with E-state index in [1.54, 1.807) is 16.9 Å². The van der Waals surface area contributed by atoms with E-state index in [1.165, 1.54) is 12.1 Å². The predicted octanol–water partition coefficient (Wildman–Crippen LogP) is 2.53. The zero-order valence-corrected chi connectivity index (χ0v) is 9.76. The van der Waals surface area contributed by atoms with Gasteiger partial charge in [0, 0.05) is 18.8 Å². The summed E-state index contributed by atoms with van der Waals surface area (Å²) >= 11 is 5.77. The Bertz CT molecular complexity index is 567. The quantitative estimate of drug-likeness (QED) is 0.478. The van der Waals surface area contributed by atoms with Gasteiger partial charge >= 0.3 is 0 Å². The van der Waals surface area contributed by atoms with Crippen molar-refractivity contribution < 1.29 is 4.92 Å². The summed E-state index contributed by atoms with van der Waals surface area (Å²) in [5.74, 6) is 0. The molecule has 88 valence electrons. The summed E-state index contributed by atoms with van der Waals surface area (Å²) in [7, 11) is 0. The van der Waals surface area contributed by atoms with Gasteiger partial charge in [0.2, 0.25) is 0 Å². The van der Waals surface area contributed by atoms with E-state index in [2.05, 4.69) is 10.1 Å². The highest BCUT2D eigenvalue weighted by atomic mass is 35.5. The van der Waals surface area contributed by atoms with Crippen LogP contribution in [0.15, 0.2) is 24.4 Å². The molecule has 0 radical (unpaired) electrons. The fourth-order valence-electron chi connectivity index (χ4n) is 1.55. The van der Waals surface area contributed by atoms with Gasteiger partial charge in [-0.25, -0.2) is 4.98 Å². The van der Waals surface area contributed by atoms with Gasteiger partial charge < -0.3 is 0 Å². The first-order valence-corrected chi connectivity index (χ1v) is 5.34. The van der Waals surface area contributed by atoms with Crippen LogP contribution in [0, 0.1) is 10.1 Å². The number of hydrogen-bond donors (Lipinski definition) is 0. The van der Waals surface area contributed by atoms with E-state index in [0.717, 1.165) is 0 Å². The van der Waals surface area contributed by atoms with Gasteiger partial charge in [0.1, 0.15) is 5.15 Å². The number of pyridine rings is 1. The Labute approximate surface area is 102 Å². The number of nitro groups is 1. The third kappa shape index (κ3) is 2.12. The lowest BCUT2D eigenvalue weighted by atomic mass is 10.2. The molecule has 0 atom stereocenters. The first kappa shape index (κ1) is 11.5. The molecule has 0 N–H and O–H groups in total. The maximum absolute atomic E-state index is 10.9. The minimum absolute atomic E-state index is 0.0791. The standard InChI is InChI=1S/C10H9ClN4O2/c1-2-14-7(5-6-12-14)10-8(15(16)17)3-4-9(11)13-10/h3-6H,2H2,1H3. The van der Waals surface area contributed by atoms with Gasteiger partial charge in [-0.3, -0.25) is 14.8 Å². The maximum Gasteiger partial charge on any atom is 0.297 e. The predicted molar refractivity (Wildman–Crippen MR) is 62.8 cm³/mol. The lowest BCUT2D eigenvalue weighted by molar-refractivity contribution is -0.384. The highest BCUT2D eigenvalue weighted by molar-refractivity contribution is 6.29. The van der Waals surface area contributed by atoms with Crippen molar-refractivity contribution in [2.45, 2.75) is 13.5 Å². The summed E-state index contributed by atoms with van der Waals surface area (Å²) in [6.07, 6.45) is 1.57. The topological polar surface area (TPSA) is 73.8 Å². The lowest BCUT2D eigenvalue weighted by Crippen LogP contribution is -2.02. The Morgan fingerprint density at radius 1 is 1.47 bits per heavy atom. The van der Waals surface area contributed by atoms with E-state index in [0.29, 0.717) is 12.2 Å². The van der Waals surface area contributed by atoms with Gasteiger partial charge in [0.05, 0.1) is 10.6 Å². The summed E-state index contributed by atoms with van der Waals surface area (Å²) < 4.78 is 1.63. The molecule has 2 heterocycles. The Morgan fingerprint density at radius 3 is 2.88 bits per heavy atom. The summed E-state index contributed by atoms with van der Waals surface area (Å²) in [6.45, 7) is 2.50. The molecule has 0 spiro atoms. The van der Waals surface area contributed by atoms with Crippen molar-refractivity contribution >= 4 is 17.3 Å². The molecule has 0 fully saturated rings. The van der Waals surface area contributed by atoms with E-state index in [-0.39, 0.29) is 16.5 Å². The number of halogens is 1. The molecule has 6 nitrogen and oxygen atoms in total. The van der Waals surface area contributed by atoms with Crippen LogP contribution < -0.4 is 0 Å². The van der Waals surface area contributed by atoms with Crippen molar-refractivity contribution in [3.63, 3.8) is 0 Å². The van der Waals surface area contributed by atoms with Gasteiger partial charge in [-0.1, -0.05) is 11.6 Å². The second-order valence-electron chi connectivity index (χ2n) is 3.29. The van der Waals surface area contributed by atoms with E-state index in [1.807, 2.05) is 6.92 Å². The fourth-order valence-corrected chi connectivity index (χ4v) is 1.70. The number of aromatic nitrogens is 3. The molecular formula is C10H9ClN4O2. The van der Waals surface area contributed by atoms with Crippen molar-refractivity contribution in [2.24, 2.45) is 0 Å². The third-order valence-electron chi connectivity index (χ3n) is 2.30. The average Bonchev–Trinajstić information content (AvgIpc) is 2.76. The summed E-state index contributed by atoms with van der Waals surface area (Å²) in [4.78, 5) is 14.4. The van der Waals surface area contributed by atoms with Crippen molar-refractivity contribution in [1.29, 1.82) is 0 Å². The Balaban J connectivity index is 2.65. The molecule has 0 bridgehead atoms. The highest BCUT2D eigenvalue weighted by Gasteiger charge is 2.20. The van der Waals surface area contributed by atoms with E-state index < -0.39 is 4.92 Å². The molecule has 0 saturated heterocycles. The Hall–Kier alpha value is -1.95. The highest BCUT2D eigenvalue weighted by Crippen LogP contribution is 2.28. The van der Waals surface area contributed by atoms with E-state index in [4.69, 9.17) is 11.6 Å². The van der Waals surface area contributed by atoms with Crippen LogP contribution in [-0.2, 0) is 6.54 Å². The molecule has 2 aromatic rings. The lowest BCUT2D eigenvalue weighted by Gasteiger charge is -2.05. The van der Waals surface area contributed by atoms with Gasteiger partial charge in [-0.05, 0) is 19.1 Å². The summed E-state index contributed by atoms with van der Waals surface area (Å²) in [6, 6.07) is 4.42. The van der Waals surface area contributed by atoms with Crippen LogP contribution in [0.5, 0.6) is 0 Å². The van der Waals surface area contributed by atoms with Crippen LogP contribution in [0.2, 0.25) is 5.15 Å². The molecule has 0 aliphatic carbocycles. The molecule has 0 aliphatic rings. The Morgan fingerprint density at radius 2 is 2.24 bits per heavy atom. The fraction of sp³-hybridized carbons (Fsp3) is 0.200. The summed E-state index contributed by atoms with van der Waals surface area (Å²) in [5.41, 5.74) is 0.744. The van der Waals surface area contributed by atoms with Crippen molar-refractivity contribution in [1.82, 2.24) is 14.8 Å². The number of nitrogens with zero attached hydrogens (tertiary/aromatic N) is 4. The van der Waals surface area contributed by atoms with Gasteiger partial charge in [0.25, 0.3) is 5.69 Å². The first-order valence-electron chi connectivity index (χ1n) is 4.96. The van der Waals surface area contributed by atoms with Crippen molar-refractivity contribution in [2.75, 3.05) is 0 Å². The third-order valence-corrected chi connectivity index (χ3v) is 2.51. The molecule has 0 aliphatic heterocycles. The molecule has 0 aromatic carbocycles. The van der Waals surface area contributed by atoms with Gasteiger partial charge in [-0.15, -0.1) is 0 Å². The maximum atomic E-state index is 10.9.